The molecular weight excluding hydrogens is 701 g/mol. The van der Waals surface area contributed by atoms with E-state index >= 15 is 0 Å². The van der Waals surface area contributed by atoms with Gasteiger partial charge in [-0.1, -0.05) is 60.6 Å². The summed E-state index contributed by atoms with van der Waals surface area (Å²) in [5, 5.41) is 24.3. The van der Waals surface area contributed by atoms with Gasteiger partial charge in [0.1, 0.15) is 6.10 Å². The average molecular weight is 773 g/mol. The number of aliphatic hydroxyl groups excluding tert-OH is 1. The van der Waals surface area contributed by atoms with Gasteiger partial charge < -0.3 is 20.3 Å². The molecule has 3 N–H and O–H groups in total. The number of carboxylic acids is 1. The zero-order valence-electron chi connectivity index (χ0n) is 34.7. The number of sulfone groups is 1. The first-order valence-electron chi connectivity index (χ1n) is 21.5. The molecular formula is C44H72N2O7S. The molecule has 10 heteroatoms. The molecule has 0 aromatic rings. The second-order valence-electron chi connectivity index (χ2n) is 21.5. The lowest BCUT2D eigenvalue weighted by Crippen LogP contribution is -2.69. The Balaban J connectivity index is 1.08. The van der Waals surface area contributed by atoms with Crippen molar-refractivity contribution in [2.24, 2.45) is 68.5 Å². The highest BCUT2D eigenvalue weighted by atomic mass is 32.2. The summed E-state index contributed by atoms with van der Waals surface area (Å²) in [6.07, 6.45) is 11.9. The standard InChI is InChI=1S/C44H72N2O7S/c1-27(2)29-12-18-44(45-21-15-28(26-47)46-22-24-54(51,52)25-23-46)20-19-42(8)30(34(29)44)10-11-32-41(7)16-14-33(39(3,4)31(41)13-17-43(32,42)9)53-38(50)36-35(37(48)49)40(36,5)6/h28-36,45,47H,1,10-26H2,2-9H3,(H,48,49)/t28?,29-,30+,31-,32+,33-,34+,35-,36+,41-,42+,43+,44-/m0/s1. The van der Waals surface area contributed by atoms with Gasteiger partial charge in [0.25, 0.3) is 0 Å². The van der Waals surface area contributed by atoms with Crippen LogP contribution >= 0.6 is 0 Å². The quantitative estimate of drug-likeness (QED) is 0.163. The highest BCUT2D eigenvalue weighted by Gasteiger charge is 2.72. The fourth-order valence-corrected chi connectivity index (χ4v) is 16.6. The second-order valence-corrected chi connectivity index (χ2v) is 23.8. The molecule has 1 unspecified atom stereocenters. The lowest BCUT2D eigenvalue weighted by molar-refractivity contribution is -0.246. The van der Waals surface area contributed by atoms with E-state index in [-0.39, 0.29) is 63.4 Å². The molecule has 1 saturated heterocycles. The van der Waals surface area contributed by atoms with Gasteiger partial charge in [0.05, 0.1) is 29.9 Å². The predicted octanol–water partition coefficient (Wildman–Crippen LogP) is 6.74. The van der Waals surface area contributed by atoms with E-state index in [9.17, 15) is 28.2 Å². The molecule has 0 aromatic heterocycles. The van der Waals surface area contributed by atoms with E-state index < -0.39 is 33.1 Å². The van der Waals surface area contributed by atoms with Crippen LogP contribution in [-0.4, -0.2) is 90.9 Å². The van der Waals surface area contributed by atoms with Crippen LogP contribution in [-0.2, 0) is 24.2 Å². The Morgan fingerprint density at radius 2 is 1.54 bits per heavy atom. The number of carboxylic acid groups (broad SMARTS) is 1. The van der Waals surface area contributed by atoms with Gasteiger partial charge >= 0.3 is 11.9 Å². The number of aliphatic hydroxyl groups is 1. The van der Waals surface area contributed by atoms with Gasteiger partial charge in [0.15, 0.2) is 9.84 Å². The van der Waals surface area contributed by atoms with Crippen LogP contribution in [0.1, 0.15) is 126 Å². The van der Waals surface area contributed by atoms with E-state index in [2.05, 4.69) is 58.3 Å². The molecule has 1 aliphatic heterocycles. The van der Waals surface area contributed by atoms with Gasteiger partial charge in [0.2, 0.25) is 0 Å². The molecule has 7 fully saturated rings. The summed E-state index contributed by atoms with van der Waals surface area (Å²) >= 11 is 0. The van der Waals surface area contributed by atoms with Crippen molar-refractivity contribution in [3.05, 3.63) is 12.2 Å². The minimum absolute atomic E-state index is 0.0228. The van der Waals surface area contributed by atoms with Crippen molar-refractivity contribution < 1.29 is 33.0 Å². The number of carbonyl (C=O) groups is 2. The van der Waals surface area contributed by atoms with E-state index in [4.69, 9.17) is 4.74 Å². The van der Waals surface area contributed by atoms with Crippen molar-refractivity contribution in [3.8, 4) is 0 Å². The lowest BCUT2D eigenvalue weighted by Gasteiger charge is -2.73. The molecule has 306 valence electrons. The maximum absolute atomic E-state index is 13.5. The Morgan fingerprint density at radius 3 is 2.15 bits per heavy atom. The van der Waals surface area contributed by atoms with Gasteiger partial charge in [-0.15, -0.1) is 0 Å². The molecule has 7 rings (SSSR count). The van der Waals surface area contributed by atoms with E-state index in [0.29, 0.717) is 42.7 Å². The van der Waals surface area contributed by atoms with Gasteiger partial charge in [-0.3, -0.25) is 14.5 Å². The number of allylic oxidation sites excluding steroid dienone is 1. The average Bonchev–Trinajstić information content (AvgIpc) is 3.47. The summed E-state index contributed by atoms with van der Waals surface area (Å²) < 4.78 is 30.5. The van der Waals surface area contributed by atoms with Gasteiger partial charge in [-0.25, -0.2) is 8.42 Å². The van der Waals surface area contributed by atoms with Crippen LogP contribution in [0.25, 0.3) is 0 Å². The molecule has 9 nitrogen and oxygen atoms in total. The van der Waals surface area contributed by atoms with E-state index in [0.717, 1.165) is 45.1 Å². The molecule has 7 aliphatic rings. The summed E-state index contributed by atoms with van der Waals surface area (Å²) in [6, 6.07) is -0.0228. The molecule has 0 bridgehead atoms. The van der Waals surface area contributed by atoms with Gasteiger partial charge in [-0.05, 0) is 135 Å². The van der Waals surface area contributed by atoms with Crippen LogP contribution in [0.15, 0.2) is 12.2 Å². The summed E-state index contributed by atoms with van der Waals surface area (Å²) in [5.74, 6) is 0.544. The largest absolute Gasteiger partial charge is 0.481 e. The van der Waals surface area contributed by atoms with Crippen molar-refractivity contribution >= 4 is 21.8 Å². The summed E-state index contributed by atoms with van der Waals surface area (Å²) in [4.78, 5) is 27.5. The fraction of sp³-hybridized carbons (Fsp3) is 0.909. The van der Waals surface area contributed by atoms with Crippen LogP contribution < -0.4 is 5.32 Å². The van der Waals surface area contributed by atoms with Crippen LogP contribution in [0.3, 0.4) is 0 Å². The number of hydrogen-bond donors (Lipinski definition) is 3. The number of esters is 1. The normalized spacial score (nSPS) is 46.5. The number of ether oxygens (including phenoxy) is 1. The smallest absolute Gasteiger partial charge is 0.310 e. The third-order valence-corrected chi connectivity index (χ3v) is 20.3. The zero-order chi connectivity index (χ0) is 39.4. The number of hydrogen-bond acceptors (Lipinski definition) is 8. The van der Waals surface area contributed by atoms with Crippen molar-refractivity contribution in [1.82, 2.24) is 10.2 Å². The van der Waals surface area contributed by atoms with E-state index in [1.54, 1.807) is 0 Å². The first-order valence-corrected chi connectivity index (χ1v) is 23.3. The monoisotopic (exact) mass is 773 g/mol. The number of fused-ring (bicyclic) bond motifs is 7. The van der Waals surface area contributed by atoms with Crippen molar-refractivity contribution in [2.75, 3.05) is 37.7 Å². The molecule has 6 aliphatic carbocycles. The molecule has 0 radical (unpaired) electrons. The van der Waals surface area contributed by atoms with Crippen molar-refractivity contribution in [3.63, 3.8) is 0 Å². The number of carbonyl (C=O) groups excluding carboxylic acids is 1. The Labute approximate surface area is 326 Å². The lowest BCUT2D eigenvalue weighted by atomic mass is 9.32. The second kappa shape index (κ2) is 13.5. The summed E-state index contributed by atoms with van der Waals surface area (Å²) in [7, 11) is -2.97. The SMILES string of the molecule is C=C(C)[C@@H]1CC[C@]2(NCCC(CO)N3CCS(=O)(=O)CC3)CC[C@]3(C)[C@H](CC[C@@H]4[C@@]5(C)CC[C@H](OC(=O)[C@H]6[C@@H](C(=O)O)C6(C)C)C(C)(C)[C@@H]5CC[C@]43C)[C@@H]12. The summed E-state index contributed by atoms with van der Waals surface area (Å²) in [6.45, 7) is 25.0. The fourth-order valence-electron chi connectivity index (χ4n) is 15.4. The van der Waals surface area contributed by atoms with Crippen LogP contribution in [0.4, 0.5) is 0 Å². The molecule has 13 atom stereocenters. The van der Waals surface area contributed by atoms with E-state index in [1.807, 2.05) is 13.8 Å². The van der Waals surface area contributed by atoms with Crippen LogP contribution in [0.2, 0.25) is 0 Å². The Bertz CT molecular complexity index is 1610. The molecule has 0 aromatic carbocycles. The van der Waals surface area contributed by atoms with Crippen LogP contribution in [0.5, 0.6) is 0 Å². The number of nitrogens with one attached hydrogen (secondary N) is 1. The highest BCUT2D eigenvalue weighted by molar-refractivity contribution is 7.91. The van der Waals surface area contributed by atoms with Crippen molar-refractivity contribution in [1.29, 1.82) is 0 Å². The Morgan fingerprint density at radius 1 is 0.852 bits per heavy atom. The van der Waals surface area contributed by atoms with Crippen molar-refractivity contribution in [2.45, 2.75) is 144 Å². The van der Waals surface area contributed by atoms with Gasteiger partial charge in [0, 0.05) is 30.1 Å². The molecule has 54 heavy (non-hydrogen) atoms. The molecule has 0 amide bonds. The topological polar surface area (TPSA) is 133 Å². The minimum atomic E-state index is -2.97. The maximum Gasteiger partial charge on any atom is 0.310 e. The van der Waals surface area contributed by atoms with Crippen LogP contribution in [0, 0.1) is 68.5 Å². The maximum atomic E-state index is 13.5. The third kappa shape index (κ3) is 6.10. The number of aliphatic carboxylic acids is 1. The predicted molar refractivity (Wildman–Crippen MR) is 211 cm³/mol. The zero-order valence-corrected chi connectivity index (χ0v) is 35.5. The highest BCUT2D eigenvalue weighted by Crippen LogP contribution is 2.76. The van der Waals surface area contributed by atoms with Gasteiger partial charge in [-0.2, -0.15) is 0 Å². The number of nitrogens with zero attached hydrogens (tertiary/aromatic N) is 1. The third-order valence-electron chi connectivity index (χ3n) is 18.7. The molecule has 1 heterocycles. The summed E-state index contributed by atoms with van der Waals surface area (Å²) in [5.41, 5.74) is 1.14. The first kappa shape index (κ1) is 40.7. The molecule has 0 spiro atoms. The molecule has 6 saturated carbocycles. The number of rotatable bonds is 10. The Kier molecular flexibility index (Phi) is 10.2. The Hall–Kier alpha value is -1.49. The van der Waals surface area contributed by atoms with E-state index in [1.165, 1.54) is 37.7 Å². The first-order chi connectivity index (χ1) is 25.1. The minimum Gasteiger partial charge on any atom is -0.481 e.